The van der Waals surface area contributed by atoms with E-state index in [-0.39, 0.29) is 23.3 Å². The lowest BCUT2D eigenvalue weighted by Crippen LogP contribution is -2.49. The number of amides is 2. The molecule has 4 rings (SSSR count). The molecule has 1 aromatic carbocycles. The Kier molecular flexibility index (Phi) is 3.33. The Labute approximate surface area is 139 Å². The average Bonchev–Trinajstić information content (AvgIpc) is 2.68. The molecular formula is C18H18N2O4. The molecule has 0 saturated heterocycles. The third-order valence-electron chi connectivity index (χ3n) is 4.91. The summed E-state index contributed by atoms with van der Waals surface area (Å²) in [6.07, 6.45) is 6.61. The molecule has 124 valence electrons. The molecule has 0 bridgehead atoms. The number of allylic oxidation sites excluding steroid dienone is 2. The van der Waals surface area contributed by atoms with E-state index in [9.17, 15) is 14.7 Å². The van der Waals surface area contributed by atoms with E-state index >= 15 is 0 Å². The van der Waals surface area contributed by atoms with Crippen LogP contribution in [0.25, 0.3) is 0 Å². The first-order valence-corrected chi connectivity index (χ1v) is 7.98. The Morgan fingerprint density at radius 3 is 2.96 bits per heavy atom. The molecule has 2 N–H and O–H groups in total. The van der Waals surface area contributed by atoms with Crippen molar-refractivity contribution in [2.75, 3.05) is 19.0 Å². The van der Waals surface area contributed by atoms with E-state index in [2.05, 4.69) is 17.5 Å². The molecule has 0 radical (unpaired) electrons. The van der Waals surface area contributed by atoms with E-state index in [0.29, 0.717) is 24.2 Å². The van der Waals surface area contributed by atoms with Crippen LogP contribution in [-0.2, 0) is 4.79 Å². The number of fused-ring (bicyclic) bond motifs is 2. The maximum atomic E-state index is 13.0. The number of aromatic hydroxyl groups is 1. The highest BCUT2D eigenvalue weighted by Crippen LogP contribution is 2.38. The Morgan fingerprint density at radius 2 is 2.17 bits per heavy atom. The minimum atomic E-state index is -0.528. The van der Waals surface area contributed by atoms with Crippen molar-refractivity contribution in [1.29, 1.82) is 0 Å². The zero-order chi connectivity index (χ0) is 16.8. The van der Waals surface area contributed by atoms with Crippen LogP contribution in [0.1, 0.15) is 29.6 Å². The predicted molar refractivity (Wildman–Crippen MR) is 88.1 cm³/mol. The van der Waals surface area contributed by atoms with Crippen molar-refractivity contribution in [3.8, 4) is 11.5 Å². The number of hydrogen-bond donors (Lipinski definition) is 2. The number of nitrogens with zero attached hydrogens (tertiary/aromatic N) is 1. The van der Waals surface area contributed by atoms with Gasteiger partial charge in [0.1, 0.15) is 6.04 Å². The molecule has 0 fully saturated rings. The Bertz CT molecular complexity index is 809. The summed E-state index contributed by atoms with van der Waals surface area (Å²) in [5.41, 5.74) is 3.06. The summed E-state index contributed by atoms with van der Waals surface area (Å²) < 4.78 is 5.10. The van der Waals surface area contributed by atoms with Gasteiger partial charge in [-0.15, -0.1) is 0 Å². The first kappa shape index (κ1) is 14.8. The smallest absolute Gasteiger partial charge is 0.257 e. The number of anilines is 1. The molecule has 0 saturated carbocycles. The maximum absolute atomic E-state index is 13.0. The fourth-order valence-corrected chi connectivity index (χ4v) is 3.62. The van der Waals surface area contributed by atoms with Crippen molar-refractivity contribution in [3.05, 3.63) is 41.0 Å². The minimum Gasteiger partial charge on any atom is -0.504 e. The predicted octanol–water partition coefficient (Wildman–Crippen LogP) is 2.21. The van der Waals surface area contributed by atoms with Gasteiger partial charge in [-0.05, 0) is 30.1 Å². The molecule has 1 atom stereocenters. The highest BCUT2D eigenvalue weighted by Gasteiger charge is 2.39. The summed E-state index contributed by atoms with van der Waals surface area (Å²) in [5, 5.41) is 12.7. The van der Waals surface area contributed by atoms with Crippen LogP contribution in [0.15, 0.2) is 35.4 Å². The van der Waals surface area contributed by atoms with Crippen LogP contribution >= 0.6 is 0 Å². The fourth-order valence-electron chi connectivity index (χ4n) is 3.62. The molecule has 0 spiro atoms. The van der Waals surface area contributed by atoms with Crippen LogP contribution < -0.4 is 10.1 Å². The molecule has 3 aliphatic rings. The second kappa shape index (κ2) is 5.40. The van der Waals surface area contributed by atoms with Gasteiger partial charge >= 0.3 is 0 Å². The van der Waals surface area contributed by atoms with Crippen LogP contribution in [0.4, 0.5) is 5.69 Å². The molecule has 2 amide bonds. The van der Waals surface area contributed by atoms with Crippen LogP contribution in [-0.4, -0.2) is 41.5 Å². The molecule has 6 nitrogen and oxygen atoms in total. The number of rotatable bonds is 1. The van der Waals surface area contributed by atoms with Crippen molar-refractivity contribution in [2.45, 2.75) is 25.3 Å². The maximum Gasteiger partial charge on any atom is 0.257 e. The standard InChI is InChI=1S/C18H18N2O4/c1-24-16-7-12-13(8-15(16)21)19-17(22)14-6-10-4-2-3-5-11(10)9-20(14)18(12)23/h2,4,7-8,14,21H,3,5-6,9H2,1H3,(H,19,22). The molecule has 24 heavy (non-hydrogen) atoms. The number of ether oxygens (including phenoxy) is 1. The quantitative estimate of drug-likeness (QED) is 0.829. The highest BCUT2D eigenvalue weighted by atomic mass is 16.5. The number of methoxy groups -OCH3 is 1. The first-order chi connectivity index (χ1) is 11.6. The summed E-state index contributed by atoms with van der Waals surface area (Å²) >= 11 is 0. The molecule has 1 aliphatic carbocycles. The second-order valence-electron chi connectivity index (χ2n) is 6.28. The summed E-state index contributed by atoms with van der Waals surface area (Å²) in [4.78, 5) is 27.3. The van der Waals surface area contributed by atoms with E-state index < -0.39 is 6.04 Å². The van der Waals surface area contributed by atoms with Crippen molar-refractivity contribution < 1.29 is 19.4 Å². The Hall–Kier alpha value is -2.76. The van der Waals surface area contributed by atoms with Crippen LogP contribution in [0.5, 0.6) is 11.5 Å². The van der Waals surface area contributed by atoms with E-state index in [1.165, 1.54) is 24.8 Å². The molecule has 0 aromatic heterocycles. The van der Waals surface area contributed by atoms with E-state index in [1.807, 2.05) is 0 Å². The SMILES string of the molecule is COc1cc2c(cc1O)NC(=O)C1CC3=C(CCC=C3)CN1C2=O. The number of phenols is 1. The van der Waals surface area contributed by atoms with E-state index in [4.69, 9.17) is 4.74 Å². The lowest BCUT2D eigenvalue weighted by atomic mass is 9.87. The average molecular weight is 326 g/mol. The summed E-state index contributed by atoms with van der Waals surface area (Å²) in [6.45, 7) is 0.471. The van der Waals surface area contributed by atoms with Gasteiger partial charge < -0.3 is 20.1 Å². The molecule has 2 aliphatic heterocycles. The molecular weight excluding hydrogens is 308 g/mol. The molecule has 1 unspecified atom stereocenters. The van der Waals surface area contributed by atoms with Gasteiger partial charge in [0.2, 0.25) is 5.91 Å². The third-order valence-corrected chi connectivity index (χ3v) is 4.91. The zero-order valence-electron chi connectivity index (χ0n) is 13.3. The number of carbonyl (C=O) groups is 2. The highest BCUT2D eigenvalue weighted by molar-refractivity contribution is 6.10. The van der Waals surface area contributed by atoms with Gasteiger partial charge in [0, 0.05) is 19.0 Å². The van der Waals surface area contributed by atoms with E-state index in [1.54, 1.807) is 4.90 Å². The lowest BCUT2D eigenvalue weighted by molar-refractivity contribution is -0.120. The van der Waals surface area contributed by atoms with Gasteiger partial charge in [0.05, 0.1) is 18.4 Å². The fraction of sp³-hybridized carbons (Fsp3) is 0.333. The monoisotopic (exact) mass is 326 g/mol. The van der Waals surface area contributed by atoms with Crippen molar-refractivity contribution in [2.24, 2.45) is 0 Å². The summed E-state index contributed by atoms with van der Waals surface area (Å²) in [7, 11) is 1.43. The topological polar surface area (TPSA) is 78.9 Å². The van der Waals surface area contributed by atoms with Gasteiger partial charge in [-0.25, -0.2) is 0 Å². The van der Waals surface area contributed by atoms with Crippen LogP contribution in [0.3, 0.4) is 0 Å². The Balaban J connectivity index is 1.79. The number of hydrogen-bond acceptors (Lipinski definition) is 4. The van der Waals surface area contributed by atoms with Gasteiger partial charge in [-0.2, -0.15) is 0 Å². The van der Waals surface area contributed by atoms with E-state index in [0.717, 1.165) is 18.4 Å². The van der Waals surface area contributed by atoms with Crippen LogP contribution in [0, 0.1) is 0 Å². The number of nitrogens with one attached hydrogen (secondary N) is 1. The minimum absolute atomic E-state index is 0.107. The molecule has 1 aromatic rings. The molecule has 6 heteroatoms. The van der Waals surface area contributed by atoms with Gasteiger partial charge in [-0.1, -0.05) is 12.2 Å². The lowest BCUT2D eigenvalue weighted by Gasteiger charge is -2.36. The summed E-state index contributed by atoms with van der Waals surface area (Å²) in [5.74, 6) is -0.332. The normalized spacial score (nSPS) is 22.4. The number of benzene rings is 1. The van der Waals surface area contributed by atoms with Crippen molar-refractivity contribution in [1.82, 2.24) is 4.90 Å². The van der Waals surface area contributed by atoms with Crippen molar-refractivity contribution in [3.63, 3.8) is 0 Å². The van der Waals surface area contributed by atoms with Crippen LogP contribution in [0.2, 0.25) is 0 Å². The second-order valence-corrected chi connectivity index (χ2v) is 6.28. The Morgan fingerprint density at radius 1 is 1.33 bits per heavy atom. The third kappa shape index (κ3) is 2.18. The number of carbonyl (C=O) groups excluding carboxylic acids is 2. The van der Waals surface area contributed by atoms with Crippen molar-refractivity contribution >= 4 is 17.5 Å². The van der Waals surface area contributed by atoms with Gasteiger partial charge in [-0.3, -0.25) is 9.59 Å². The summed E-state index contributed by atoms with van der Waals surface area (Å²) in [6, 6.07) is 2.33. The largest absolute Gasteiger partial charge is 0.504 e. The molecule has 2 heterocycles. The van der Waals surface area contributed by atoms with Gasteiger partial charge in [0.25, 0.3) is 5.91 Å². The number of phenolic OH excluding ortho intramolecular Hbond substituents is 1. The first-order valence-electron chi connectivity index (χ1n) is 7.98. The zero-order valence-corrected chi connectivity index (χ0v) is 13.3. The van der Waals surface area contributed by atoms with Gasteiger partial charge in [0.15, 0.2) is 11.5 Å².